The predicted molar refractivity (Wildman–Crippen MR) is 82.7 cm³/mol. The molecule has 2 heterocycles. The van der Waals surface area contributed by atoms with Gasteiger partial charge in [0.15, 0.2) is 0 Å². The highest BCUT2D eigenvalue weighted by atomic mass is 16.5. The Hall–Kier alpha value is -0.120. The van der Waals surface area contributed by atoms with Gasteiger partial charge in [-0.15, -0.1) is 0 Å². The Bertz CT molecular complexity index is 309. The SMILES string of the molecule is CC1CCN(C2CCOC3(CCCCC3)C2)C(CN)C1. The minimum atomic E-state index is 0.226. The molecule has 0 aromatic carbocycles. The van der Waals surface area contributed by atoms with Crippen LogP contribution in [0, 0.1) is 5.92 Å². The van der Waals surface area contributed by atoms with Crippen LogP contribution in [0.3, 0.4) is 0 Å². The first-order valence-electron chi connectivity index (χ1n) is 8.82. The highest BCUT2D eigenvalue weighted by molar-refractivity contribution is 4.95. The highest BCUT2D eigenvalue weighted by Gasteiger charge is 2.42. The third-order valence-corrected chi connectivity index (χ3v) is 6.00. The van der Waals surface area contributed by atoms with Gasteiger partial charge in [-0.05, 0) is 51.0 Å². The molecule has 20 heavy (non-hydrogen) atoms. The Kier molecular flexibility index (Phi) is 4.68. The summed E-state index contributed by atoms with van der Waals surface area (Å²) >= 11 is 0. The maximum atomic E-state index is 6.26. The number of rotatable bonds is 2. The molecule has 3 atom stereocenters. The minimum absolute atomic E-state index is 0.226. The first-order chi connectivity index (χ1) is 9.72. The van der Waals surface area contributed by atoms with Gasteiger partial charge >= 0.3 is 0 Å². The van der Waals surface area contributed by atoms with Crippen molar-refractivity contribution in [3.8, 4) is 0 Å². The molecule has 2 N–H and O–H groups in total. The lowest BCUT2D eigenvalue weighted by Gasteiger charge is -2.50. The number of likely N-dealkylation sites (tertiary alicyclic amines) is 1. The first kappa shape index (κ1) is 14.8. The molecule has 3 nitrogen and oxygen atoms in total. The van der Waals surface area contributed by atoms with Crippen LogP contribution in [0.1, 0.15) is 64.7 Å². The molecule has 1 saturated carbocycles. The van der Waals surface area contributed by atoms with E-state index in [1.807, 2.05) is 0 Å². The summed E-state index contributed by atoms with van der Waals surface area (Å²) in [5, 5.41) is 0. The molecule has 3 fully saturated rings. The molecule has 0 radical (unpaired) electrons. The number of nitrogens with two attached hydrogens (primary N) is 1. The summed E-state index contributed by atoms with van der Waals surface area (Å²) in [7, 11) is 0. The number of ether oxygens (including phenoxy) is 1. The highest BCUT2D eigenvalue weighted by Crippen LogP contribution is 2.41. The Balaban J connectivity index is 1.66. The molecule has 0 aromatic rings. The van der Waals surface area contributed by atoms with E-state index >= 15 is 0 Å². The molecule has 0 amide bonds. The summed E-state index contributed by atoms with van der Waals surface area (Å²) in [5.74, 6) is 0.850. The molecule has 116 valence electrons. The standard InChI is InChI=1S/C17H32N2O/c1-14-5-9-19(16(11-14)13-18)15-6-10-20-17(12-15)7-3-2-4-8-17/h14-16H,2-13,18H2,1H3. The largest absolute Gasteiger partial charge is 0.375 e. The Morgan fingerprint density at radius 3 is 2.75 bits per heavy atom. The molecule has 1 spiro atoms. The van der Waals surface area contributed by atoms with Gasteiger partial charge in [0.2, 0.25) is 0 Å². The second-order valence-electron chi connectivity index (χ2n) is 7.50. The van der Waals surface area contributed by atoms with Gasteiger partial charge in [-0.1, -0.05) is 26.2 Å². The minimum Gasteiger partial charge on any atom is -0.375 e. The molecule has 3 rings (SSSR count). The van der Waals surface area contributed by atoms with Crippen LogP contribution in [0.4, 0.5) is 0 Å². The molecule has 0 bridgehead atoms. The maximum Gasteiger partial charge on any atom is 0.0697 e. The third kappa shape index (κ3) is 3.05. The van der Waals surface area contributed by atoms with Gasteiger partial charge in [-0.3, -0.25) is 4.90 Å². The van der Waals surface area contributed by atoms with E-state index in [4.69, 9.17) is 10.5 Å². The van der Waals surface area contributed by atoms with Gasteiger partial charge in [-0.2, -0.15) is 0 Å². The van der Waals surface area contributed by atoms with Crippen molar-refractivity contribution >= 4 is 0 Å². The molecular weight excluding hydrogens is 248 g/mol. The van der Waals surface area contributed by atoms with Gasteiger partial charge in [-0.25, -0.2) is 0 Å². The van der Waals surface area contributed by atoms with Crippen LogP contribution in [-0.2, 0) is 4.74 Å². The summed E-state index contributed by atoms with van der Waals surface area (Å²) in [6.45, 7) is 5.43. The van der Waals surface area contributed by atoms with Crippen LogP contribution in [0.15, 0.2) is 0 Å². The van der Waals surface area contributed by atoms with E-state index in [9.17, 15) is 0 Å². The number of hydrogen-bond donors (Lipinski definition) is 1. The van der Waals surface area contributed by atoms with E-state index in [1.54, 1.807) is 0 Å². The van der Waals surface area contributed by atoms with Gasteiger partial charge in [0.05, 0.1) is 5.60 Å². The zero-order valence-electron chi connectivity index (χ0n) is 13.2. The van der Waals surface area contributed by atoms with E-state index in [-0.39, 0.29) is 5.60 Å². The zero-order chi connectivity index (χ0) is 14.0. The van der Waals surface area contributed by atoms with Crippen LogP contribution in [0.5, 0.6) is 0 Å². The Labute approximate surface area is 124 Å². The summed E-state index contributed by atoms with van der Waals surface area (Å²) in [5.41, 5.74) is 6.29. The van der Waals surface area contributed by atoms with Crippen LogP contribution >= 0.6 is 0 Å². The van der Waals surface area contributed by atoms with E-state index < -0.39 is 0 Å². The summed E-state index contributed by atoms with van der Waals surface area (Å²) in [4.78, 5) is 2.75. The summed E-state index contributed by atoms with van der Waals surface area (Å²) in [6.07, 6.45) is 11.8. The molecular formula is C17H32N2O. The number of nitrogens with zero attached hydrogens (tertiary/aromatic N) is 1. The van der Waals surface area contributed by atoms with Crippen LogP contribution in [0.25, 0.3) is 0 Å². The Morgan fingerprint density at radius 2 is 2.00 bits per heavy atom. The van der Waals surface area contributed by atoms with Gasteiger partial charge < -0.3 is 10.5 Å². The molecule has 3 unspecified atom stereocenters. The third-order valence-electron chi connectivity index (χ3n) is 6.00. The average Bonchev–Trinajstić information content (AvgIpc) is 2.48. The van der Waals surface area contributed by atoms with Gasteiger partial charge in [0.1, 0.15) is 0 Å². The number of piperidine rings is 1. The second-order valence-corrected chi connectivity index (χ2v) is 7.50. The molecule has 2 saturated heterocycles. The van der Waals surface area contributed by atoms with Crippen molar-refractivity contribution in [3.63, 3.8) is 0 Å². The van der Waals surface area contributed by atoms with Crippen molar-refractivity contribution in [2.24, 2.45) is 11.7 Å². The monoisotopic (exact) mass is 280 g/mol. The van der Waals surface area contributed by atoms with E-state index in [0.717, 1.165) is 25.1 Å². The van der Waals surface area contributed by atoms with Crippen molar-refractivity contribution in [1.29, 1.82) is 0 Å². The molecule has 1 aliphatic carbocycles. The van der Waals surface area contributed by atoms with Crippen molar-refractivity contribution in [1.82, 2.24) is 4.90 Å². The summed E-state index contributed by atoms with van der Waals surface area (Å²) < 4.78 is 6.26. The molecule has 0 aromatic heterocycles. The quantitative estimate of drug-likeness (QED) is 0.845. The van der Waals surface area contributed by atoms with Crippen molar-refractivity contribution < 1.29 is 4.74 Å². The van der Waals surface area contributed by atoms with Crippen molar-refractivity contribution in [2.45, 2.75) is 82.4 Å². The van der Waals surface area contributed by atoms with Crippen LogP contribution in [0.2, 0.25) is 0 Å². The van der Waals surface area contributed by atoms with Gasteiger partial charge in [0, 0.05) is 25.2 Å². The first-order valence-corrected chi connectivity index (χ1v) is 8.82. The van der Waals surface area contributed by atoms with Crippen molar-refractivity contribution in [2.75, 3.05) is 19.7 Å². The average molecular weight is 280 g/mol. The van der Waals surface area contributed by atoms with Gasteiger partial charge in [0.25, 0.3) is 0 Å². The second kappa shape index (κ2) is 6.33. The molecule has 3 aliphatic rings. The maximum absolute atomic E-state index is 6.26. The normalized spacial score (nSPS) is 39.0. The smallest absolute Gasteiger partial charge is 0.0697 e. The lowest BCUT2D eigenvalue weighted by Crippen LogP contribution is -2.56. The molecule has 3 heteroatoms. The van der Waals surface area contributed by atoms with Crippen LogP contribution in [-0.4, -0.2) is 42.3 Å². The van der Waals surface area contributed by atoms with E-state index in [0.29, 0.717) is 6.04 Å². The lowest BCUT2D eigenvalue weighted by molar-refractivity contribution is -0.131. The molecule has 2 aliphatic heterocycles. The van der Waals surface area contributed by atoms with Crippen molar-refractivity contribution in [3.05, 3.63) is 0 Å². The van der Waals surface area contributed by atoms with E-state index in [1.165, 1.54) is 64.3 Å². The predicted octanol–water partition coefficient (Wildman–Crippen LogP) is 2.93. The zero-order valence-corrected chi connectivity index (χ0v) is 13.2. The fourth-order valence-electron chi connectivity index (χ4n) is 4.81. The lowest BCUT2D eigenvalue weighted by atomic mass is 9.77. The number of hydrogen-bond acceptors (Lipinski definition) is 3. The fourth-order valence-corrected chi connectivity index (χ4v) is 4.81. The Morgan fingerprint density at radius 1 is 1.20 bits per heavy atom. The topological polar surface area (TPSA) is 38.5 Å². The summed E-state index contributed by atoms with van der Waals surface area (Å²) in [6, 6.07) is 1.34. The fraction of sp³-hybridized carbons (Fsp3) is 1.00. The van der Waals surface area contributed by atoms with E-state index in [2.05, 4.69) is 11.8 Å². The van der Waals surface area contributed by atoms with Crippen LogP contribution < -0.4 is 5.73 Å².